The van der Waals surface area contributed by atoms with Gasteiger partial charge in [0, 0.05) is 38.6 Å². The second-order valence-electron chi connectivity index (χ2n) is 8.34. The number of amides is 1. The standard InChI is InChI=1S/C19H29N5O2/c25-17(22-26)16-11-20-18(21-12-16)24-9-6-19(7-10-24)5-8-23(14-19)13-15-3-1-2-4-15/h11-12,15,26H,1-10,13-14H2,(H,22,25). The number of nitrogens with one attached hydrogen (secondary N) is 1. The number of piperidine rings is 1. The highest BCUT2D eigenvalue weighted by Crippen LogP contribution is 2.41. The number of carbonyl (C=O) groups excluding carboxylic acids is 1. The monoisotopic (exact) mass is 359 g/mol. The first-order valence-corrected chi connectivity index (χ1v) is 9.91. The van der Waals surface area contributed by atoms with Crippen molar-refractivity contribution < 1.29 is 10.0 Å². The van der Waals surface area contributed by atoms with Gasteiger partial charge >= 0.3 is 0 Å². The Morgan fingerprint density at radius 1 is 1.15 bits per heavy atom. The largest absolute Gasteiger partial charge is 0.341 e. The number of likely N-dealkylation sites (tertiary alicyclic amines) is 1. The van der Waals surface area contributed by atoms with Crippen LogP contribution in [0, 0.1) is 11.3 Å². The van der Waals surface area contributed by atoms with E-state index in [0.29, 0.717) is 11.4 Å². The van der Waals surface area contributed by atoms with Crippen molar-refractivity contribution in [1.82, 2.24) is 20.3 Å². The molecule has 0 aromatic carbocycles. The minimum absolute atomic E-state index is 0.267. The lowest BCUT2D eigenvalue weighted by Gasteiger charge is -2.39. The van der Waals surface area contributed by atoms with Crippen molar-refractivity contribution in [2.24, 2.45) is 11.3 Å². The molecule has 2 aliphatic heterocycles. The van der Waals surface area contributed by atoms with Gasteiger partial charge in [-0.05, 0) is 50.0 Å². The Labute approximate surface area is 154 Å². The molecule has 26 heavy (non-hydrogen) atoms. The Bertz CT molecular complexity index is 621. The molecule has 0 unspecified atom stereocenters. The van der Waals surface area contributed by atoms with E-state index in [1.165, 1.54) is 77.0 Å². The van der Waals surface area contributed by atoms with E-state index < -0.39 is 5.91 Å². The number of hydrogen-bond acceptors (Lipinski definition) is 6. The van der Waals surface area contributed by atoms with E-state index in [2.05, 4.69) is 19.8 Å². The Kier molecular flexibility index (Phi) is 5.09. The summed E-state index contributed by atoms with van der Waals surface area (Å²) in [5.74, 6) is 1.03. The van der Waals surface area contributed by atoms with Crippen LogP contribution in [0.2, 0.25) is 0 Å². The zero-order valence-electron chi connectivity index (χ0n) is 15.4. The number of aromatic nitrogens is 2. The van der Waals surface area contributed by atoms with Crippen molar-refractivity contribution >= 4 is 11.9 Å². The van der Waals surface area contributed by atoms with Crippen molar-refractivity contribution in [2.75, 3.05) is 37.6 Å². The van der Waals surface area contributed by atoms with E-state index in [1.54, 1.807) is 5.48 Å². The molecule has 2 saturated heterocycles. The molecule has 1 aromatic heterocycles. The average Bonchev–Trinajstić information content (AvgIpc) is 3.33. The van der Waals surface area contributed by atoms with Gasteiger partial charge in [-0.1, -0.05) is 12.8 Å². The average molecular weight is 359 g/mol. The molecule has 0 atom stereocenters. The van der Waals surface area contributed by atoms with Gasteiger partial charge in [-0.15, -0.1) is 0 Å². The summed E-state index contributed by atoms with van der Waals surface area (Å²) in [6.45, 7) is 5.78. The third-order valence-corrected chi connectivity index (χ3v) is 6.62. The molecule has 4 rings (SSSR count). The van der Waals surface area contributed by atoms with Gasteiger partial charge in [-0.2, -0.15) is 0 Å². The molecule has 142 valence electrons. The number of rotatable bonds is 4. The number of nitrogens with zero attached hydrogens (tertiary/aromatic N) is 4. The molecule has 7 heteroatoms. The lowest BCUT2D eigenvalue weighted by atomic mass is 9.78. The maximum atomic E-state index is 11.4. The molecule has 3 fully saturated rings. The zero-order chi connectivity index (χ0) is 18.0. The lowest BCUT2D eigenvalue weighted by Crippen LogP contribution is -2.42. The van der Waals surface area contributed by atoms with Gasteiger partial charge in [0.25, 0.3) is 5.91 Å². The Hall–Kier alpha value is -1.73. The molecule has 7 nitrogen and oxygen atoms in total. The Morgan fingerprint density at radius 2 is 1.81 bits per heavy atom. The number of carbonyl (C=O) groups is 1. The third-order valence-electron chi connectivity index (χ3n) is 6.62. The van der Waals surface area contributed by atoms with Gasteiger partial charge in [0.2, 0.25) is 5.95 Å². The van der Waals surface area contributed by atoms with Crippen LogP contribution in [0.3, 0.4) is 0 Å². The predicted octanol–water partition coefficient (Wildman–Crippen LogP) is 2.08. The van der Waals surface area contributed by atoms with Crippen molar-refractivity contribution in [3.63, 3.8) is 0 Å². The summed E-state index contributed by atoms with van der Waals surface area (Å²) >= 11 is 0. The van der Waals surface area contributed by atoms with Crippen LogP contribution in [0.15, 0.2) is 12.4 Å². The summed E-state index contributed by atoms with van der Waals surface area (Å²) in [6, 6.07) is 0. The summed E-state index contributed by atoms with van der Waals surface area (Å²) in [5.41, 5.74) is 2.35. The summed E-state index contributed by atoms with van der Waals surface area (Å²) < 4.78 is 0. The van der Waals surface area contributed by atoms with Crippen molar-refractivity contribution in [3.8, 4) is 0 Å². The summed E-state index contributed by atoms with van der Waals surface area (Å²) in [5, 5.41) is 8.67. The minimum atomic E-state index is -0.581. The SMILES string of the molecule is O=C(NO)c1cnc(N2CCC3(CCN(CC4CCCC4)C3)CC2)nc1. The highest BCUT2D eigenvalue weighted by atomic mass is 16.5. The maximum absolute atomic E-state index is 11.4. The fourth-order valence-electron chi connectivity index (χ4n) is 5.00. The van der Waals surface area contributed by atoms with Crippen molar-refractivity contribution in [2.45, 2.75) is 44.9 Å². The van der Waals surface area contributed by atoms with Gasteiger partial charge in [-0.3, -0.25) is 10.0 Å². The van der Waals surface area contributed by atoms with E-state index in [1.807, 2.05) is 0 Å². The van der Waals surface area contributed by atoms with Crippen molar-refractivity contribution in [1.29, 1.82) is 0 Å². The highest BCUT2D eigenvalue weighted by Gasteiger charge is 2.41. The normalized spacial score (nSPS) is 23.7. The molecule has 0 radical (unpaired) electrons. The predicted molar refractivity (Wildman–Crippen MR) is 98.2 cm³/mol. The van der Waals surface area contributed by atoms with Crippen LogP contribution in [-0.2, 0) is 0 Å². The van der Waals surface area contributed by atoms with E-state index in [0.717, 1.165) is 19.0 Å². The molecule has 3 aliphatic rings. The first-order valence-electron chi connectivity index (χ1n) is 9.91. The van der Waals surface area contributed by atoms with E-state index in [9.17, 15) is 4.79 Å². The molecular formula is C19H29N5O2. The number of anilines is 1. The fourth-order valence-corrected chi connectivity index (χ4v) is 5.00. The molecule has 1 saturated carbocycles. The highest BCUT2D eigenvalue weighted by molar-refractivity contribution is 5.92. The smallest absolute Gasteiger partial charge is 0.277 e. The number of hydroxylamine groups is 1. The molecule has 2 N–H and O–H groups in total. The van der Waals surface area contributed by atoms with Crippen LogP contribution in [-0.4, -0.2) is 58.7 Å². The lowest BCUT2D eigenvalue weighted by molar-refractivity contribution is 0.0705. The molecule has 0 bridgehead atoms. The number of hydrogen-bond donors (Lipinski definition) is 2. The van der Waals surface area contributed by atoms with Crippen LogP contribution in [0.25, 0.3) is 0 Å². The molecule has 1 aromatic rings. The third kappa shape index (κ3) is 3.69. The van der Waals surface area contributed by atoms with Crippen LogP contribution < -0.4 is 10.4 Å². The van der Waals surface area contributed by atoms with Crippen LogP contribution in [0.1, 0.15) is 55.3 Å². The topological polar surface area (TPSA) is 81.6 Å². The first kappa shape index (κ1) is 17.7. The summed E-state index contributed by atoms with van der Waals surface area (Å²) in [7, 11) is 0. The quantitative estimate of drug-likeness (QED) is 0.633. The second kappa shape index (κ2) is 7.48. The fraction of sp³-hybridized carbons (Fsp3) is 0.737. The van der Waals surface area contributed by atoms with Gasteiger partial charge in [0.05, 0.1) is 5.56 Å². The molecule has 3 heterocycles. The van der Waals surface area contributed by atoms with E-state index in [-0.39, 0.29) is 5.56 Å². The van der Waals surface area contributed by atoms with Gasteiger partial charge in [0.1, 0.15) is 0 Å². The van der Waals surface area contributed by atoms with Gasteiger partial charge in [0.15, 0.2) is 0 Å². The molecule has 1 amide bonds. The maximum Gasteiger partial charge on any atom is 0.277 e. The molecular weight excluding hydrogens is 330 g/mol. The Morgan fingerprint density at radius 3 is 2.46 bits per heavy atom. The van der Waals surface area contributed by atoms with E-state index in [4.69, 9.17) is 5.21 Å². The molecule has 1 aliphatic carbocycles. The zero-order valence-corrected chi connectivity index (χ0v) is 15.4. The Balaban J connectivity index is 1.30. The van der Waals surface area contributed by atoms with E-state index >= 15 is 0 Å². The van der Waals surface area contributed by atoms with Crippen molar-refractivity contribution in [3.05, 3.63) is 18.0 Å². The first-order chi connectivity index (χ1) is 12.7. The van der Waals surface area contributed by atoms with Gasteiger partial charge in [-0.25, -0.2) is 15.4 Å². The molecule has 1 spiro atoms. The van der Waals surface area contributed by atoms with Crippen LogP contribution in [0.4, 0.5) is 5.95 Å². The van der Waals surface area contributed by atoms with Crippen LogP contribution in [0.5, 0.6) is 0 Å². The van der Waals surface area contributed by atoms with Gasteiger partial charge < -0.3 is 9.80 Å². The second-order valence-corrected chi connectivity index (χ2v) is 8.34. The summed E-state index contributed by atoms with van der Waals surface area (Å²) in [4.78, 5) is 24.9. The van der Waals surface area contributed by atoms with Crippen LogP contribution >= 0.6 is 0 Å². The summed E-state index contributed by atoms with van der Waals surface area (Å²) in [6.07, 6.45) is 12.4. The minimum Gasteiger partial charge on any atom is -0.341 e.